The summed E-state index contributed by atoms with van der Waals surface area (Å²) in [6.45, 7) is 11.5. The van der Waals surface area contributed by atoms with Crippen LogP contribution in [0.2, 0.25) is 0 Å². The van der Waals surface area contributed by atoms with Gasteiger partial charge in [-0.25, -0.2) is 4.79 Å². The number of hydrogen-bond acceptors (Lipinski definition) is 11. The highest BCUT2D eigenvalue weighted by atomic mass is 32.2. The van der Waals surface area contributed by atoms with E-state index in [1.165, 1.54) is 0 Å². The second-order valence-corrected chi connectivity index (χ2v) is 10.9. The molecule has 0 rings (SSSR count). The SMILES string of the molecule is CN(C)CCCN(CCOCCOCCOCCOCCOCCOS(C)(=O)=O)C(=O)OC(C)(C)C. The van der Waals surface area contributed by atoms with Crippen molar-refractivity contribution < 1.29 is 45.8 Å². The van der Waals surface area contributed by atoms with Gasteiger partial charge in [0.1, 0.15) is 5.60 Å². The van der Waals surface area contributed by atoms with Gasteiger partial charge in [0.2, 0.25) is 0 Å². The molecule has 0 unspecified atom stereocenters. The minimum atomic E-state index is -3.42. The Bertz CT molecular complexity index is 641. The summed E-state index contributed by atoms with van der Waals surface area (Å²) in [6.07, 6.45) is 1.53. The van der Waals surface area contributed by atoms with Gasteiger partial charge in [-0.15, -0.1) is 0 Å². The summed E-state index contributed by atoms with van der Waals surface area (Å²) < 4.78 is 58.6. The molecule has 0 spiro atoms. The number of carbonyl (C=O) groups is 1. The number of nitrogens with zero attached hydrogens (tertiary/aromatic N) is 2. The minimum Gasteiger partial charge on any atom is -0.444 e. The van der Waals surface area contributed by atoms with Crippen LogP contribution in [-0.2, 0) is 42.7 Å². The average molecular weight is 545 g/mol. The van der Waals surface area contributed by atoms with Crippen LogP contribution >= 0.6 is 0 Å². The smallest absolute Gasteiger partial charge is 0.410 e. The van der Waals surface area contributed by atoms with Gasteiger partial charge >= 0.3 is 6.09 Å². The predicted molar refractivity (Wildman–Crippen MR) is 136 cm³/mol. The highest BCUT2D eigenvalue weighted by molar-refractivity contribution is 7.85. The van der Waals surface area contributed by atoms with Gasteiger partial charge in [0.05, 0.1) is 78.9 Å². The summed E-state index contributed by atoms with van der Waals surface area (Å²) in [5.74, 6) is 0. The van der Waals surface area contributed by atoms with Crippen LogP contribution in [0.5, 0.6) is 0 Å². The molecule has 0 atom stereocenters. The summed E-state index contributed by atoms with van der Waals surface area (Å²) in [5.41, 5.74) is -0.535. The van der Waals surface area contributed by atoms with Gasteiger partial charge < -0.3 is 38.2 Å². The Morgan fingerprint density at radius 3 is 1.47 bits per heavy atom. The maximum Gasteiger partial charge on any atom is 0.410 e. The van der Waals surface area contributed by atoms with Crippen molar-refractivity contribution in [2.45, 2.75) is 32.8 Å². The maximum atomic E-state index is 12.4. The van der Waals surface area contributed by atoms with Gasteiger partial charge in [-0.2, -0.15) is 8.42 Å². The van der Waals surface area contributed by atoms with E-state index in [1.807, 2.05) is 34.9 Å². The third-order valence-electron chi connectivity index (χ3n) is 4.20. The minimum absolute atomic E-state index is 0.00539. The molecule has 13 heteroatoms. The van der Waals surface area contributed by atoms with E-state index in [-0.39, 0.29) is 19.3 Å². The Labute approximate surface area is 217 Å². The molecule has 0 N–H and O–H groups in total. The highest BCUT2D eigenvalue weighted by Crippen LogP contribution is 2.10. The zero-order valence-corrected chi connectivity index (χ0v) is 23.8. The second kappa shape index (κ2) is 20.9. The van der Waals surface area contributed by atoms with E-state index in [9.17, 15) is 13.2 Å². The third-order valence-corrected chi connectivity index (χ3v) is 4.80. The van der Waals surface area contributed by atoms with Gasteiger partial charge in [0.25, 0.3) is 10.1 Å². The fourth-order valence-corrected chi connectivity index (χ4v) is 2.97. The molecule has 0 aliphatic rings. The quantitative estimate of drug-likeness (QED) is 0.136. The van der Waals surface area contributed by atoms with Crippen molar-refractivity contribution in [1.29, 1.82) is 0 Å². The first-order valence-electron chi connectivity index (χ1n) is 12.3. The Kier molecular flexibility index (Phi) is 20.3. The molecule has 0 heterocycles. The fourth-order valence-electron chi connectivity index (χ4n) is 2.60. The molecule has 0 aromatic rings. The normalized spacial score (nSPS) is 12.3. The molecule has 0 aromatic heterocycles. The van der Waals surface area contributed by atoms with E-state index in [2.05, 4.69) is 9.08 Å². The average Bonchev–Trinajstić information content (AvgIpc) is 2.74. The van der Waals surface area contributed by atoms with Crippen molar-refractivity contribution in [2.75, 3.05) is 113 Å². The zero-order chi connectivity index (χ0) is 27.3. The van der Waals surface area contributed by atoms with Crippen LogP contribution in [0.1, 0.15) is 27.2 Å². The largest absolute Gasteiger partial charge is 0.444 e. The van der Waals surface area contributed by atoms with Crippen molar-refractivity contribution >= 4 is 16.2 Å². The van der Waals surface area contributed by atoms with E-state index in [0.717, 1.165) is 19.2 Å². The van der Waals surface area contributed by atoms with Crippen molar-refractivity contribution in [3.63, 3.8) is 0 Å². The molecule has 0 saturated heterocycles. The van der Waals surface area contributed by atoms with Crippen LogP contribution in [0, 0.1) is 0 Å². The van der Waals surface area contributed by atoms with E-state index >= 15 is 0 Å². The summed E-state index contributed by atoms with van der Waals surface area (Å²) in [5, 5.41) is 0. The number of carbonyl (C=O) groups excluding carboxylic acids is 1. The summed E-state index contributed by atoms with van der Waals surface area (Å²) in [4.78, 5) is 16.2. The van der Waals surface area contributed by atoms with Gasteiger partial charge in [0.15, 0.2) is 0 Å². The molecule has 216 valence electrons. The summed E-state index contributed by atoms with van der Waals surface area (Å²) >= 11 is 0. The van der Waals surface area contributed by atoms with Gasteiger partial charge in [-0.05, 0) is 47.8 Å². The second-order valence-electron chi connectivity index (χ2n) is 9.21. The third kappa shape index (κ3) is 26.0. The molecule has 36 heavy (non-hydrogen) atoms. The lowest BCUT2D eigenvalue weighted by Gasteiger charge is -2.27. The van der Waals surface area contributed by atoms with Gasteiger partial charge in [0, 0.05) is 13.1 Å². The van der Waals surface area contributed by atoms with E-state index in [0.29, 0.717) is 72.6 Å². The van der Waals surface area contributed by atoms with Crippen LogP contribution in [0.25, 0.3) is 0 Å². The number of hydrogen-bond donors (Lipinski definition) is 0. The summed E-state index contributed by atoms with van der Waals surface area (Å²) in [6, 6.07) is 0. The molecule has 0 radical (unpaired) electrons. The maximum absolute atomic E-state index is 12.4. The molecule has 0 saturated carbocycles. The summed E-state index contributed by atoms with van der Waals surface area (Å²) in [7, 11) is 0.581. The Morgan fingerprint density at radius 2 is 1.08 bits per heavy atom. The van der Waals surface area contributed by atoms with Crippen LogP contribution in [0.4, 0.5) is 4.79 Å². The number of ether oxygens (including phenoxy) is 6. The molecular formula is C23H48N2O10S. The molecular weight excluding hydrogens is 496 g/mol. The standard InChI is InChI=1S/C23H48N2O10S/c1-23(2,3)35-22(26)25(9-7-8-24(4)5)10-11-29-12-13-30-14-15-31-16-17-32-18-19-33-20-21-34-36(6,27)28/h7-21H2,1-6H3. The molecule has 0 aliphatic heterocycles. The van der Waals surface area contributed by atoms with Gasteiger partial charge in [-0.3, -0.25) is 4.18 Å². The molecule has 0 aliphatic carbocycles. The first kappa shape index (κ1) is 34.9. The highest BCUT2D eigenvalue weighted by Gasteiger charge is 2.21. The van der Waals surface area contributed by atoms with Crippen LogP contribution in [0.15, 0.2) is 0 Å². The Hall–Kier alpha value is -1.06. The number of amides is 1. The van der Waals surface area contributed by atoms with Crippen molar-refractivity contribution in [1.82, 2.24) is 9.80 Å². The van der Waals surface area contributed by atoms with Crippen molar-refractivity contribution in [2.24, 2.45) is 0 Å². The van der Waals surface area contributed by atoms with Crippen LogP contribution < -0.4 is 0 Å². The molecule has 0 bridgehead atoms. The lowest BCUT2D eigenvalue weighted by Crippen LogP contribution is -2.40. The molecule has 0 fully saturated rings. The Morgan fingerprint density at radius 1 is 0.667 bits per heavy atom. The predicted octanol–water partition coefficient (Wildman–Crippen LogP) is 1.23. The van der Waals surface area contributed by atoms with Crippen LogP contribution in [0.3, 0.4) is 0 Å². The van der Waals surface area contributed by atoms with Crippen molar-refractivity contribution in [3.05, 3.63) is 0 Å². The van der Waals surface area contributed by atoms with Crippen molar-refractivity contribution in [3.8, 4) is 0 Å². The number of rotatable bonds is 23. The Balaban J connectivity index is 3.63. The first-order chi connectivity index (χ1) is 16.9. The topological polar surface area (TPSA) is 122 Å². The fraction of sp³-hybridized carbons (Fsp3) is 0.957. The van der Waals surface area contributed by atoms with Crippen LogP contribution in [-0.4, -0.2) is 143 Å². The molecule has 0 aromatic carbocycles. The molecule has 1 amide bonds. The monoisotopic (exact) mass is 544 g/mol. The van der Waals surface area contributed by atoms with E-state index in [1.54, 1.807) is 4.90 Å². The van der Waals surface area contributed by atoms with E-state index in [4.69, 9.17) is 28.4 Å². The van der Waals surface area contributed by atoms with E-state index < -0.39 is 15.7 Å². The lowest BCUT2D eigenvalue weighted by molar-refractivity contribution is -0.0150. The van der Waals surface area contributed by atoms with Gasteiger partial charge in [-0.1, -0.05) is 0 Å². The zero-order valence-electron chi connectivity index (χ0n) is 23.0. The molecule has 12 nitrogen and oxygen atoms in total. The first-order valence-corrected chi connectivity index (χ1v) is 14.1. The lowest BCUT2D eigenvalue weighted by atomic mass is 10.2.